The molecule has 0 spiro atoms. The molecule has 0 bridgehead atoms. The zero-order chi connectivity index (χ0) is 38.2. The Morgan fingerprint density at radius 2 is 1.75 bits per heavy atom. The third-order valence-corrected chi connectivity index (χ3v) is 9.64. The SMILES string of the molecule is CNC(=O)O[C@@H](CC(C)C)c1nc([C@@H]2OC(=O)/C=C/C/C(C)=C/[C@H](O)[C@@H](C)\C=C(C)/C=C(C)/C=C/[C@@H](O)[C@@H](C)[C@@H](OC)/C(C)=C\C=C/[C@H]2C)cs1. The lowest BCUT2D eigenvalue weighted by Gasteiger charge is -2.26. The predicted molar refractivity (Wildman–Crippen MR) is 206 cm³/mol. The van der Waals surface area contributed by atoms with Crippen molar-refractivity contribution in [3.63, 3.8) is 0 Å². The number of thiazole rings is 1. The summed E-state index contributed by atoms with van der Waals surface area (Å²) >= 11 is 1.36. The second-order valence-electron chi connectivity index (χ2n) is 14.0. The smallest absolute Gasteiger partial charge is 0.407 e. The first-order valence-corrected chi connectivity index (χ1v) is 18.6. The first-order valence-electron chi connectivity index (χ1n) is 17.7. The maximum Gasteiger partial charge on any atom is 0.407 e. The molecule has 0 saturated carbocycles. The Hall–Kier alpha value is -3.57. The van der Waals surface area contributed by atoms with Crippen LogP contribution in [0.2, 0.25) is 0 Å². The van der Waals surface area contributed by atoms with Crippen LogP contribution >= 0.6 is 11.3 Å². The second-order valence-corrected chi connectivity index (χ2v) is 14.9. The van der Waals surface area contributed by atoms with Crippen molar-refractivity contribution in [1.29, 1.82) is 0 Å². The van der Waals surface area contributed by atoms with Crippen molar-refractivity contribution in [3.8, 4) is 0 Å². The summed E-state index contributed by atoms with van der Waals surface area (Å²) in [5.74, 6) is -0.937. The second kappa shape index (κ2) is 21.7. The summed E-state index contributed by atoms with van der Waals surface area (Å²) in [6.45, 7) is 17.8. The van der Waals surface area contributed by atoms with Gasteiger partial charge in [0.1, 0.15) is 5.01 Å². The zero-order valence-electron chi connectivity index (χ0n) is 32.3. The van der Waals surface area contributed by atoms with Gasteiger partial charge < -0.3 is 29.7 Å². The molecule has 10 heteroatoms. The lowest BCUT2D eigenvalue weighted by Crippen LogP contribution is -2.30. The number of esters is 1. The van der Waals surface area contributed by atoms with Crippen LogP contribution in [0.25, 0.3) is 0 Å². The van der Waals surface area contributed by atoms with E-state index in [0.717, 1.165) is 22.3 Å². The normalized spacial score (nSPS) is 33.0. The predicted octanol–water partition coefficient (Wildman–Crippen LogP) is 8.67. The highest BCUT2D eigenvalue weighted by Gasteiger charge is 2.28. The first-order chi connectivity index (χ1) is 24.1. The number of alkyl carbamates (subject to hydrolysis) is 1. The molecule has 0 aromatic carbocycles. The van der Waals surface area contributed by atoms with E-state index in [-0.39, 0.29) is 29.8 Å². The number of nitrogens with one attached hydrogen (secondary N) is 1. The minimum absolute atomic E-state index is 0.143. The molecule has 0 fully saturated rings. The number of amides is 1. The largest absolute Gasteiger partial charge is 0.452 e. The van der Waals surface area contributed by atoms with Gasteiger partial charge >= 0.3 is 12.1 Å². The Morgan fingerprint density at radius 3 is 2.39 bits per heavy atom. The van der Waals surface area contributed by atoms with E-state index < -0.39 is 36.5 Å². The van der Waals surface area contributed by atoms with E-state index in [9.17, 15) is 19.8 Å². The standard InChI is InChI=1S/C41H60N2O7S/c1-25(2)20-36(49-41(47)42-10)40-43-33(24-51-40)39-30(7)16-13-15-29(6)38(48-11)32(9)34(44)19-18-27(4)21-28(5)22-31(8)35(45)23-26(3)14-12-17-37(46)50-39/h12-13,15-19,21-25,30-32,34-36,38-39,44-45H,14,20H2,1-11H3,(H,42,47)/b16-13-,17-12+,19-18+,26-23+,27-21+,28-22-,29-15-/t30-,31+,32-,34-,35+,36+,38+,39-/m1/s1. The molecule has 2 heterocycles. The van der Waals surface area contributed by atoms with Crippen LogP contribution in [0.3, 0.4) is 0 Å². The van der Waals surface area contributed by atoms with Crippen molar-refractivity contribution in [2.45, 2.75) is 106 Å². The van der Waals surface area contributed by atoms with Crippen molar-refractivity contribution in [2.75, 3.05) is 14.2 Å². The number of cyclic esters (lactones) is 1. The monoisotopic (exact) mass is 724 g/mol. The van der Waals surface area contributed by atoms with Crippen LogP contribution in [-0.4, -0.2) is 59.7 Å². The Labute approximate surface area is 309 Å². The van der Waals surface area contributed by atoms with Crippen LogP contribution in [0.5, 0.6) is 0 Å². The summed E-state index contributed by atoms with van der Waals surface area (Å²) in [6, 6.07) is 0. The molecular weight excluding hydrogens is 665 g/mol. The lowest BCUT2D eigenvalue weighted by molar-refractivity contribution is -0.145. The molecule has 2 rings (SSSR count). The van der Waals surface area contributed by atoms with Gasteiger partial charge in [-0.05, 0) is 52.0 Å². The van der Waals surface area contributed by atoms with Crippen molar-refractivity contribution in [3.05, 3.63) is 99.1 Å². The van der Waals surface area contributed by atoms with E-state index in [2.05, 4.69) is 5.32 Å². The minimum atomic E-state index is -0.754. The van der Waals surface area contributed by atoms with E-state index in [1.54, 1.807) is 25.3 Å². The Kier molecular flexibility index (Phi) is 18.6. The first kappa shape index (κ1) is 43.6. The van der Waals surface area contributed by atoms with Gasteiger partial charge in [0, 0.05) is 43.4 Å². The number of hydrogen-bond acceptors (Lipinski definition) is 9. The Morgan fingerprint density at radius 1 is 1.04 bits per heavy atom. The molecule has 0 saturated heterocycles. The van der Waals surface area contributed by atoms with E-state index in [0.29, 0.717) is 23.5 Å². The van der Waals surface area contributed by atoms with Gasteiger partial charge in [0.25, 0.3) is 0 Å². The van der Waals surface area contributed by atoms with Gasteiger partial charge in [-0.25, -0.2) is 14.6 Å². The van der Waals surface area contributed by atoms with Gasteiger partial charge in [-0.15, -0.1) is 11.3 Å². The zero-order valence-corrected chi connectivity index (χ0v) is 33.1. The topological polar surface area (TPSA) is 127 Å². The van der Waals surface area contributed by atoms with Crippen LogP contribution in [-0.2, 0) is 19.0 Å². The fourth-order valence-corrected chi connectivity index (χ4v) is 6.70. The number of rotatable bonds is 6. The van der Waals surface area contributed by atoms with Gasteiger partial charge in [-0.2, -0.15) is 0 Å². The molecule has 1 aromatic heterocycles. The third-order valence-electron chi connectivity index (χ3n) is 8.68. The Balaban J connectivity index is 2.55. The number of nitrogens with zero attached hydrogens (tertiary/aromatic N) is 1. The maximum atomic E-state index is 13.2. The van der Waals surface area contributed by atoms with Gasteiger partial charge in [-0.3, -0.25) is 0 Å². The van der Waals surface area contributed by atoms with Gasteiger partial charge in [-0.1, -0.05) is 106 Å². The molecule has 1 aromatic rings. The molecule has 8 atom stereocenters. The summed E-state index contributed by atoms with van der Waals surface area (Å²) in [7, 11) is 3.14. The number of carbonyl (C=O) groups is 2. The highest BCUT2D eigenvalue weighted by Crippen LogP contribution is 2.34. The van der Waals surface area contributed by atoms with E-state index in [1.807, 2.05) is 104 Å². The van der Waals surface area contributed by atoms with Gasteiger partial charge in [0.2, 0.25) is 0 Å². The molecule has 0 radical (unpaired) electrons. The Bertz CT molecular complexity index is 1500. The number of hydrogen-bond donors (Lipinski definition) is 3. The van der Waals surface area contributed by atoms with E-state index >= 15 is 0 Å². The molecule has 1 amide bonds. The van der Waals surface area contributed by atoms with Crippen molar-refractivity contribution in [1.82, 2.24) is 10.3 Å². The van der Waals surface area contributed by atoms with E-state index in [4.69, 9.17) is 19.2 Å². The number of aliphatic hydroxyl groups excluding tert-OH is 2. The van der Waals surface area contributed by atoms with Crippen molar-refractivity contribution in [2.24, 2.45) is 23.7 Å². The molecule has 0 aliphatic carbocycles. The number of carbonyl (C=O) groups excluding carboxylic acids is 2. The number of aliphatic hydroxyl groups is 2. The fourth-order valence-electron chi connectivity index (χ4n) is 5.82. The summed E-state index contributed by atoms with van der Waals surface area (Å²) in [5, 5.41) is 26.9. The highest BCUT2D eigenvalue weighted by atomic mass is 32.1. The number of ether oxygens (including phenoxy) is 3. The summed E-state index contributed by atoms with van der Waals surface area (Å²) in [4.78, 5) is 30.2. The minimum Gasteiger partial charge on any atom is -0.452 e. The molecule has 3 N–H and O–H groups in total. The molecule has 51 heavy (non-hydrogen) atoms. The fraction of sp³-hybridized carbons (Fsp3) is 0.537. The van der Waals surface area contributed by atoms with Crippen LogP contribution in [0.15, 0.2) is 88.4 Å². The summed E-state index contributed by atoms with van der Waals surface area (Å²) < 4.78 is 17.5. The van der Waals surface area contributed by atoms with Crippen LogP contribution in [0.4, 0.5) is 4.79 Å². The summed E-state index contributed by atoms with van der Waals surface area (Å²) in [5.41, 5.74) is 4.37. The average Bonchev–Trinajstić information content (AvgIpc) is 3.55. The molecule has 9 nitrogen and oxygen atoms in total. The molecule has 0 unspecified atom stereocenters. The van der Waals surface area contributed by atoms with Gasteiger partial charge in [0.15, 0.2) is 12.2 Å². The van der Waals surface area contributed by atoms with E-state index in [1.165, 1.54) is 24.5 Å². The third kappa shape index (κ3) is 14.9. The molecular formula is C41H60N2O7S. The van der Waals surface area contributed by atoms with Crippen LogP contribution in [0.1, 0.15) is 98.1 Å². The number of methoxy groups -OCH3 is 1. The van der Waals surface area contributed by atoms with Crippen LogP contribution < -0.4 is 5.32 Å². The lowest BCUT2D eigenvalue weighted by atomic mass is 9.91. The number of aromatic nitrogens is 1. The summed E-state index contributed by atoms with van der Waals surface area (Å²) in [6.07, 6.45) is 15.9. The number of allylic oxidation sites excluding steroid dienone is 8. The van der Waals surface area contributed by atoms with Gasteiger partial charge in [0.05, 0.1) is 24.0 Å². The molecule has 1 aliphatic heterocycles. The quantitative estimate of drug-likeness (QED) is 0.197. The maximum absolute atomic E-state index is 13.2. The van der Waals surface area contributed by atoms with Crippen LogP contribution in [0, 0.1) is 23.7 Å². The van der Waals surface area contributed by atoms with Crippen molar-refractivity contribution >= 4 is 23.4 Å². The average molecular weight is 725 g/mol. The molecule has 1 aliphatic rings. The van der Waals surface area contributed by atoms with Crippen molar-refractivity contribution < 1.29 is 34.0 Å². The molecule has 282 valence electrons. The highest BCUT2D eigenvalue weighted by molar-refractivity contribution is 7.09.